The van der Waals surface area contributed by atoms with Gasteiger partial charge in [0, 0.05) is 23.9 Å². The van der Waals surface area contributed by atoms with Crippen LogP contribution < -0.4 is 21.7 Å². The van der Waals surface area contributed by atoms with Crippen molar-refractivity contribution in [3.8, 4) is 0 Å². The Morgan fingerprint density at radius 2 is 2.00 bits per heavy atom. The van der Waals surface area contributed by atoms with E-state index in [0.29, 0.717) is 28.7 Å². The third-order valence-corrected chi connectivity index (χ3v) is 7.29. The highest BCUT2D eigenvalue weighted by atomic mass is 35.5. The fraction of sp³-hybridized carbons (Fsp3) is 0.280. The number of nitrogen functional groups attached to an aromatic ring is 1. The van der Waals surface area contributed by atoms with Crippen molar-refractivity contribution >= 4 is 52.2 Å². The number of nitrogens with zero attached hydrogens (tertiary/aromatic N) is 2. The smallest absolute Gasteiger partial charge is 0.273 e. The molecule has 0 bridgehead atoms. The van der Waals surface area contributed by atoms with Crippen molar-refractivity contribution in [1.82, 2.24) is 9.69 Å². The molecule has 1 aromatic heterocycles. The second-order valence-electron chi connectivity index (χ2n) is 8.58. The van der Waals surface area contributed by atoms with Gasteiger partial charge in [0.2, 0.25) is 5.91 Å². The van der Waals surface area contributed by atoms with E-state index in [-0.39, 0.29) is 34.6 Å². The van der Waals surface area contributed by atoms with Gasteiger partial charge >= 0.3 is 0 Å². The quantitative estimate of drug-likeness (QED) is 0.395. The zero-order valence-corrected chi connectivity index (χ0v) is 21.4. The van der Waals surface area contributed by atoms with E-state index in [1.165, 1.54) is 29.2 Å². The number of carbonyl (C=O) groups excluding carboxylic acids is 3. The molecule has 1 saturated heterocycles. The number of carbonyl (C=O) groups is 3. The lowest BCUT2D eigenvalue weighted by Gasteiger charge is -2.32. The zero-order valence-electron chi connectivity index (χ0n) is 19.9. The number of hydrogen-bond donors (Lipinski definition) is 3. The molecule has 2 heterocycles. The van der Waals surface area contributed by atoms with Crippen molar-refractivity contribution in [3.05, 3.63) is 75.0 Å². The molecule has 0 radical (unpaired) electrons. The molecule has 3 aromatic rings. The lowest BCUT2D eigenvalue weighted by molar-refractivity contribution is -0.123. The van der Waals surface area contributed by atoms with Gasteiger partial charge in [0.15, 0.2) is 5.69 Å². The van der Waals surface area contributed by atoms with E-state index in [1.807, 2.05) is 0 Å². The number of benzene rings is 2. The van der Waals surface area contributed by atoms with E-state index in [2.05, 4.69) is 9.69 Å². The molecule has 2 atom stereocenters. The molecular weight excluding hydrogens is 521 g/mol. The first-order chi connectivity index (χ1) is 17.7. The molecule has 0 spiro atoms. The van der Waals surface area contributed by atoms with E-state index >= 15 is 0 Å². The average molecular weight is 546 g/mol. The Morgan fingerprint density at radius 1 is 1.27 bits per heavy atom. The Morgan fingerprint density at radius 3 is 2.59 bits per heavy atom. The number of amides is 3. The summed E-state index contributed by atoms with van der Waals surface area (Å²) in [4.78, 5) is 40.5. The number of hydrogen-bond acceptors (Lipinski definition) is 7. The van der Waals surface area contributed by atoms with Crippen LogP contribution in [0.5, 0.6) is 0 Å². The summed E-state index contributed by atoms with van der Waals surface area (Å²) < 4.78 is 23.3. The van der Waals surface area contributed by atoms with Gasteiger partial charge in [0.05, 0.1) is 11.8 Å². The predicted octanol–water partition coefficient (Wildman–Crippen LogP) is 3.61. The Labute approximate surface area is 221 Å². The van der Waals surface area contributed by atoms with Crippen LogP contribution in [0, 0.1) is 12.7 Å². The van der Waals surface area contributed by atoms with Crippen molar-refractivity contribution in [1.29, 1.82) is 0 Å². The first-order valence-corrected chi connectivity index (χ1v) is 12.6. The average Bonchev–Trinajstić information content (AvgIpc) is 3.53. The predicted molar refractivity (Wildman–Crippen MR) is 139 cm³/mol. The summed E-state index contributed by atoms with van der Waals surface area (Å²) in [6.45, 7) is 2.65. The van der Waals surface area contributed by atoms with Crippen LogP contribution in [0.2, 0.25) is 5.02 Å². The minimum absolute atomic E-state index is 0.0791. The molecule has 0 unspecified atom stereocenters. The largest absolute Gasteiger partial charge is 0.395 e. The fourth-order valence-corrected chi connectivity index (χ4v) is 4.95. The van der Waals surface area contributed by atoms with Crippen molar-refractivity contribution < 1.29 is 23.5 Å². The Kier molecular flexibility index (Phi) is 8.06. The molecule has 2 aromatic carbocycles. The topological polar surface area (TPSA) is 141 Å². The van der Waals surface area contributed by atoms with Crippen LogP contribution >= 0.6 is 23.1 Å². The molecule has 1 aliphatic rings. The number of rotatable bonds is 8. The van der Waals surface area contributed by atoms with E-state index in [4.69, 9.17) is 27.8 Å². The number of aromatic nitrogens is 1. The van der Waals surface area contributed by atoms with Crippen LogP contribution in [0.1, 0.15) is 50.2 Å². The molecule has 1 aliphatic heterocycles. The molecule has 12 heteroatoms. The molecule has 0 aliphatic carbocycles. The second kappa shape index (κ2) is 11.2. The number of nitrogens with two attached hydrogens (primary N) is 2. The first kappa shape index (κ1) is 26.5. The van der Waals surface area contributed by atoms with Gasteiger partial charge in [-0.25, -0.2) is 4.39 Å². The zero-order chi connectivity index (χ0) is 26.7. The monoisotopic (exact) mass is 545 g/mol. The van der Waals surface area contributed by atoms with Crippen molar-refractivity contribution in [3.63, 3.8) is 0 Å². The van der Waals surface area contributed by atoms with Crippen LogP contribution in [0.25, 0.3) is 0 Å². The Bertz CT molecular complexity index is 1330. The maximum atomic E-state index is 14.0. The Hall–Kier alpha value is -3.54. The van der Waals surface area contributed by atoms with Crippen molar-refractivity contribution in [2.75, 3.05) is 23.8 Å². The molecule has 3 amide bonds. The highest BCUT2D eigenvalue weighted by molar-refractivity contribution is 7.09. The summed E-state index contributed by atoms with van der Waals surface area (Å²) >= 11 is 7.08. The summed E-state index contributed by atoms with van der Waals surface area (Å²) in [6.07, 6.45) is 1.54. The van der Waals surface area contributed by atoms with Crippen LogP contribution in [0.4, 0.5) is 15.8 Å². The first-order valence-electron chi connectivity index (χ1n) is 11.5. The summed E-state index contributed by atoms with van der Waals surface area (Å²) in [5.74, 6) is -2.62. The number of ether oxygens (including phenoxy) is 1. The summed E-state index contributed by atoms with van der Waals surface area (Å²) in [5.41, 5.74) is 12.3. The highest BCUT2D eigenvalue weighted by Crippen LogP contribution is 2.35. The maximum absolute atomic E-state index is 14.0. The fourth-order valence-electron chi connectivity index (χ4n) is 4.03. The number of nitrogens with one attached hydrogen (secondary N) is 1. The number of anilines is 2. The third-order valence-electron chi connectivity index (χ3n) is 6.03. The molecule has 194 valence electrons. The van der Waals surface area contributed by atoms with Gasteiger partial charge < -0.3 is 21.5 Å². The molecule has 4 rings (SSSR count). The Balaban J connectivity index is 1.82. The molecule has 5 N–H and O–H groups in total. The SMILES string of the molecule is Cc1ccc(N(C(=O)c2snc(C(N)=O)c2N)[C@H](C(=O)NC[C@@H]2CCCO2)c2ccc(F)cc2)cc1Cl. The van der Waals surface area contributed by atoms with Gasteiger partial charge in [-0.3, -0.25) is 19.3 Å². The summed E-state index contributed by atoms with van der Waals surface area (Å²) in [7, 11) is 0. The molecular formula is C25H25ClFN5O4S. The normalized spacial score (nSPS) is 15.8. The van der Waals surface area contributed by atoms with E-state index < -0.39 is 29.6 Å². The van der Waals surface area contributed by atoms with Crippen LogP contribution in [-0.2, 0) is 9.53 Å². The van der Waals surface area contributed by atoms with Crippen molar-refractivity contribution in [2.45, 2.75) is 31.9 Å². The van der Waals surface area contributed by atoms with Crippen LogP contribution in [-0.4, -0.2) is 41.4 Å². The van der Waals surface area contributed by atoms with Crippen LogP contribution in [0.3, 0.4) is 0 Å². The minimum atomic E-state index is -1.24. The number of aryl methyl sites for hydroxylation is 1. The van der Waals surface area contributed by atoms with Crippen molar-refractivity contribution in [2.24, 2.45) is 5.73 Å². The van der Waals surface area contributed by atoms with E-state index in [0.717, 1.165) is 18.4 Å². The lowest BCUT2D eigenvalue weighted by atomic mass is 10.0. The van der Waals surface area contributed by atoms with E-state index in [1.54, 1.807) is 25.1 Å². The van der Waals surface area contributed by atoms with Gasteiger partial charge in [0.25, 0.3) is 11.8 Å². The minimum Gasteiger partial charge on any atom is -0.395 e. The van der Waals surface area contributed by atoms with Gasteiger partial charge in [-0.2, -0.15) is 4.37 Å². The molecule has 37 heavy (non-hydrogen) atoms. The number of halogens is 2. The summed E-state index contributed by atoms with van der Waals surface area (Å²) in [5, 5.41) is 3.22. The maximum Gasteiger partial charge on any atom is 0.273 e. The highest BCUT2D eigenvalue weighted by Gasteiger charge is 2.36. The van der Waals surface area contributed by atoms with Gasteiger partial charge in [-0.05, 0) is 66.7 Å². The number of primary amides is 1. The van der Waals surface area contributed by atoms with Gasteiger partial charge in [0.1, 0.15) is 16.7 Å². The summed E-state index contributed by atoms with van der Waals surface area (Å²) in [6, 6.07) is 8.89. The van der Waals surface area contributed by atoms with Gasteiger partial charge in [-0.15, -0.1) is 0 Å². The van der Waals surface area contributed by atoms with Gasteiger partial charge in [-0.1, -0.05) is 29.8 Å². The van der Waals surface area contributed by atoms with Crippen LogP contribution in [0.15, 0.2) is 42.5 Å². The second-order valence-corrected chi connectivity index (χ2v) is 9.76. The molecule has 0 saturated carbocycles. The molecule has 1 fully saturated rings. The van der Waals surface area contributed by atoms with E-state index in [9.17, 15) is 18.8 Å². The lowest BCUT2D eigenvalue weighted by Crippen LogP contribution is -2.45. The standard InChI is InChI=1S/C25H25ClFN5O4S/c1-13-4-9-16(11-18(13)26)32(25(35)22-19(28)20(23(29)33)31-37-22)21(14-5-7-15(27)8-6-14)24(34)30-12-17-3-2-10-36-17/h4-9,11,17,21H,2-3,10,12,28H2,1H3,(H2,29,33)(H,30,34)/t17-,21-/m0/s1. The third kappa shape index (κ3) is 5.74. The molecule has 9 nitrogen and oxygen atoms in total.